The Kier molecular flexibility index (Phi) is 4.57. The van der Waals surface area contributed by atoms with Gasteiger partial charge in [-0.2, -0.15) is 5.26 Å². The van der Waals surface area contributed by atoms with Gasteiger partial charge in [0.15, 0.2) is 0 Å². The molecule has 2 unspecified atom stereocenters. The van der Waals surface area contributed by atoms with E-state index < -0.39 is 0 Å². The molecule has 3 fully saturated rings. The van der Waals surface area contributed by atoms with Crippen LogP contribution in [-0.2, 0) is 0 Å². The fourth-order valence-electron chi connectivity index (χ4n) is 3.89. The molecule has 2 atom stereocenters. The van der Waals surface area contributed by atoms with Gasteiger partial charge >= 0.3 is 0 Å². The Morgan fingerprint density at radius 3 is 2.52 bits per heavy atom. The summed E-state index contributed by atoms with van der Waals surface area (Å²) in [6.45, 7) is 5.87. The van der Waals surface area contributed by atoms with E-state index in [1.54, 1.807) is 0 Å². The van der Waals surface area contributed by atoms with Crippen molar-refractivity contribution in [3.05, 3.63) is 0 Å². The molecule has 3 nitrogen and oxygen atoms in total. The minimum absolute atomic E-state index is 0.227. The third-order valence-corrected chi connectivity index (χ3v) is 5.45. The van der Waals surface area contributed by atoms with E-state index in [1.807, 2.05) is 0 Å². The third-order valence-electron chi connectivity index (χ3n) is 5.45. The topological polar surface area (TPSA) is 39.1 Å². The maximum Gasteiger partial charge on any atom is 0.108 e. The van der Waals surface area contributed by atoms with Crippen molar-refractivity contribution in [2.45, 2.75) is 95.3 Å². The molecule has 118 valence electrons. The second-order valence-corrected chi connectivity index (χ2v) is 8.01. The predicted molar refractivity (Wildman–Crippen MR) is 85.9 cm³/mol. The van der Waals surface area contributed by atoms with E-state index >= 15 is 0 Å². The molecule has 3 rings (SSSR count). The van der Waals surface area contributed by atoms with Crippen LogP contribution in [0.15, 0.2) is 0 Å². The van der Waals surface area contributed by atoms with Crippen molar-refractivity contribution in [3.8, 4) is 6.07 Å². The first-order valence-electron chi connectivity index (χ1n) is 9.06. The number of hydrogen-bond donors (Lipinski definition) is 1. The highest BCUT2D eigenvalue weighted by Gasteiger charge is 2.44. The third kappa shape index (κ3) is 3.99. The summed E-state index contributed by atoms with van der Waals surface area (Å²) in [5.41, 5.74) is -0.227. The first kappa shape index (κ1) is 15.3. The van der Waals surface area contributed by atoms with Crippen LogP contribution in [0.5, 0.6) is 0 Å². The van der Waals surface area contributed by atoms with Gasteiger partial charge in [0, 0.05) is 18.1 Å². The van der Waals surface area contributed by atoms with Crippen LogP contribution in [0.25, 0.3) is 0 Å². The number of nitrogens with zero attached hydrogens (tertiary/aromatic N) is 2. The summed E-state index contributed by atoms with van der Waals surface area (Å²) in [7, 11) is 0. The Morgan fingerprint density at radius 2 is 1.95 bits per heavy atom. The van der Waals surface area contributed by atoms with Crippen LogP contribution in [0.4, 0.5) is 0 Å². The van der Waals surface area contributed by atoms with Crippen LogP contribution < -0.4 is 5.32 Å². The summed E-state index contributed by atoms with van der Waals surface area (Å²) in [6, 6.07) is 4.75. The molecule has 0 aromatic carbocycles. The van der Waals surface area contributed by atoms with Crippen LogP contribution in [-0.4, -0.2) is 35.1 Å². The Morgan fingerprint density at radius 1 is 1.19 bits per heavy atom. The molecule has 3 aliphatic rings. The minimum atomic E-state index is -0.227. The Labute approximate surface area is 130 Å². The molecule has 0 aromatic heterocycles. The highest BCUT2D eigenvalue weighted by Crippen LogP contribution is 2.38. The lowest BCUT2D eigenvalue weighted by Crippen LogP contribution is -2.54. The average molecular weight is 289 g/mol. The van der Waals surface area contributed by atoms with E-state index in [-0.39, 0.29) is 5.54 Å². The molecule has 0 saturated heterocycles. The highest BCUT2D eigenvalue weighted by atomic mass is 15.2. The molecular formula is C18H31N3. The van der Waals surface area contributed by atoms with Gasteiger partial charge in [-0.1, -0.05) is 13.8 Å². The highest BCUT2D eigenvalue weighted by molar-refractivity contribution is 5.14. The second-order valence-electron chi connectivity index (χ2n) is 8.01. The zero-order valence-electron chi connectivity index (χ0n) is 13.8. The molecule has 0 heterocycles. The van der Waals surface area contributed by atoms with Crippen molar-refractivity contribution in [2.75, 3.05) is 6.54 Å². The van der Waals surface area contributed by atoms with E-state index in [2.05, 4.69) is 30.1 Å². The summed E-state index contributed by atoms with van der Waals surface area (Å²) in [6.07, 6.45) is 11.2. The van der Waals surface area contributed by atoms with E-state index in [0.29, 0.717) is 12.1 Å². The molecule has 0 radical (unpaired) electrons. The second kappa shape index (κ2) is 6.26. The van der Waals surface area contributed by atoms with E-state index in [4.69, 9.17) is 0 Å². The molecule has 3 aliphatic carbocycles. The molecule has 0 aromatic rings. The minimum Gasteiger partial charge on any atom is -0.297 e. The molecule has 0 bridgehead atoms. The Hall–Kier alpha value is -0.590. The van der Waals surface area contributed by atoms with E-state index in [0.717, 1.165) is 24.8 Å². The van der Waals surface area contributed by atoms with Crippen molar-refractivity contribution >= 4 is 0 Å². The summed E-state index contributed by atoms with van der Waals surface area (Å²) < 4.78 is 0. The van der Waals surface area contributed by atoms with E-state index in [9.17, 15) is 5.26 Å². The van der Waals surface area contributed by atoms with Crippen LogP contribution >= 0.6 is 0 Å². The maximum atomic E-state index is 9.76. The van der Waals surface area contributed by atoms with Gasteiger partial charge in [0.2, 0.25) is 0 Å². The number of nitrogens with one attached hydrogen (secondary N) is 1. The standard InChI is InChI=1S/C18H31N3/c1-14(2)9-11-21(16-7-8-16)17-4-3-10-18(12-17,13-19)20-15-5-6-15/h14-17,20H,3-12H2,1-2H3. The monoisotopic (exact) mass is 289 g/mol. The van der Waals surface area contributed by atoms with Gasteiger partial charge in [-0.25, -0.2) is 0 Å². The fraction of sp³-hybridized carbons (Fsp3) is 0.944. The van der Waals surface area contributed by atoms with Crippen LogP contribution in [0.3, 0.4) is 0 Å². The van der Waals surface area contributed by atoms with E-state index in [1.165, 1.54) is 51.5 Å². The van der Waals surface area contributed by atoms with Gasteiger partial charge in [-0.15, -0.1) is 0 Å². The van der Waals surface area contributed by atoms with Gasteiger partial charge in [0.1, 0.15) is 5.54 Å². The van der Waals surface area contributed by atoms with Gasteiger partial charge in [-0.05, 0) is 70.3 Å². The number of nitriles is 1. The Balaban J connectivity index is 1.63. The zero-order chi connectivity index (χ0) is 14.9. The van der Waals surface area contributed by atoms with Gasteiger partial charge < -0.3 is 0 Å². The molecule has 3 saturated carbocycles. The average Bonchev–Trinajstić information content (AvgIpc) is 3.33. The van der Waals surface area contributed by atoms with Crippen molar-refractivity contribution in [2.24, 2.45) is 5.92 Å². The van der Waals surface area contributed by atoms with Gasteiger partial charge in [-0.3, -0.25) is 10.2 Å². The van der Waals surface area contributed by atoms with Crippen molar-refractivity contribution < 1.29 is 0 Å². The normalized spacial score (nSPS) is 33.4. The van der Waals surface area contributed by atoms with Crippen LogP contribution in [0.1, 0.15) is 71.6 Å². The summed E-state index contributed by atoms with van der Waals surface area (Å²) >= 11 is 0. The van der Waals surface area contributed by atoms with Gasteiger partial charge in [0.05, 0.1) is 6.07 Å². The number of rotatable bonds is 7. The first-order valence-corrected chi connectivity index (χ1v) is 9.06. The quantitative estimate of drug-likeness (QED) is 0.780. The SMILES string of the molecule is CC(C)CCN(C1CC1)C1CCCC(C#N)(NC2CC2)C1. The lowest BCUT2D eigenvalue weighted by molar-refractivity contribution is 0.107. The molecule has 0 spiro atoms. The summed E-state index contributed by atoms with van der Waals surface area (Å²) in [5.74, 6) is 0.778. The van der Waals surface area contributed by atoms with Crippen molar-refractivity contribution in [1.82, 2.24) is 10.2 Å². The first-order chi connectivity index (χ1) is 10.1. The largest absolute Gasteiger partial charge is 0.297 e. The maximum absolute atomic E-state index is 9.76. The fourth-order valence-corrected chi connectivity index (χ4v) is 3.89. The smallest absolute Gasteiger partial charge is 0.108 e. The van der Waals surface area contributed by atoms with Crippen molar-refractivity contribution in [1.29, 1.82) is 5.26 Å². The lowest BCUT2D eigenvalue weighted by Gasteiger charge is -2.42. The molecule has 0 amide bonds. The van der Waals surface area contributed by atoms with Crippen LogP contribution in [0.2, 0.25) is 0 Å². The summed E-state index contributed by atoms with van der Waals surface area (Å²) in [4.78, 5) is 2.76. The molecular weight excluding hydrogens is 258 g/mol. The molecule has 3 heteroatoms. The number of hydrogen-bond acceptors (Lipinski definition) is 3. The zero-order valence-corrected chi connectivity index (χ0v) is 13.8. The Bertz CT molecular complexity index is 392. The molecule has 0 aliphatic heterocycles. The lowest BCUT2D eigenvalue weighted by atomic mass is 9.79. The molecule has 21 heavy (non-hydrogen) atoms. The summed E-state index contributed by atoms with van der Waals surface area (Å²) in [5, 5.41) is 13.4. The van der Waals surface area contributed by atoms with Crippen LogP contribution in [0, 0.1) is 17.2 Å². The predicted octanol–water partition coefficient (Wildman–Crippen LogP) is 3.45. The molecule has 1 N–H and O–H groups in total. The van der Waals surface area contributed by atoms with Crippen molar-refractivity contribution in [3.63, 3.8) is 0 Å². The van der Waals surface area contributed by atoms with Gasteiger partial charge in [0.25, 0.3) is 0 Å².